The molecular weight excluding hydrogens is 1350 g/mol. The molecule has 0 aliphatic rings. The fourth-order valence-electron chi connectivity index (χ4n) is 13.2. The van der Waals surface area contributed by atoms with Crippen molar-refractivity contribution in [3.8, 4) is 0 Å². The Bertz CT molecular complexity index is 2010. The molecule has 0 saturated heterocycles. The number of aliphatic hydroxyl groups excluding tert-OH is 1. The molecule has 5 atom stereocenters. The van der Waals surface area contributed by atoms with Crippen molar-refractivity contribution in [3.63, 3.8) is 0 Å². The Kier molecular flexibility index (Phi) is 73.7. The number of carbonyl (C=O) groups excluding carboxylic acids is 4. The SMILES string of the molecule is CCCCCCCCCCCCCCCCCCC(=O)O[C@H](COC(=O)CCCCCCCCCCC(C)C)COP(=O)(O)OC[C@H](O)COP(=O)(O)OC[C@@H](COC(=O)CCCCCCCCCCCCCCCC(C)C)OC(=O)CCCCCCCCCCCCCCCCCCCCC(C)C. The molecule has 17 nitrogen and oxygen atoms in total. The second kappa shape index (κ2) is 75.1. The van der Waals surface area contributed by atoms with Crippen molar-refractivity contribution < 1.29 is 80.2 Å². The summed E-state index contributed by atoms with van der Waals surface area (Å²) in [6, 6.07) is 0. The van der Waals surface area contributed by atoms with Crippen LogP contribution in [0.1, 0.15) is 447 Å². The lowest BCUT2D eigenvalue weighted by Gasteiger charge is -2.21. The summed E-state index contributed by atoms with van der Waals surface area (Å²) >= 11 is 0. The zero-order chi connectivity index (χ0) is 76.5. The average Bonchev–Trinajstić information content (AvgIpc) is 0.904. The third-order valence-electron chi connectivity index (χ3n) is 19.9. The molecule has 3 N–H and O–H groups in total. The molecule has 0 radical (unpaired) electrons. The van der Waals surface area contributed by atoms with Crippen LogP contribution in [0.15, 0.2) is 0 Å². The van der Waals surface area contributed by atoms with Crippen LogP contribution in [0.5, 0.6) is 0 Å². The summed E-state index contributed by atoms with van der Waals surface area (Å²) in [5, 5.41) is 10.7. The maximum atomic E-state index is 13.1. The highest BCUT2D eigenvalue weighted by atomic mass is 31.2. The van der Waals surface area contributed by atoms with Crippen LogP contribution in [-0.4, -0.2) is 96.7 Å². The van der Waals surface area contributed by atoms with E-state index >= 15 is 0 Å². The minimum atomic E-state index is -4.97. The summed E-state index contributed by atoms with van der Waals surface area (Å²) in [5.74, 6) is 0.233. The zero-order valence-electron chi connectivity index (χ0n) is 68.5. The Morgan fingerprint density at radius 3 is 0.654 bits per heavy atom. The molecule has 0 aromatic heterocycles. The van der Waals surface area contributed by atoms with Crippen LogP contribution in [0.2, 0.25) is 0 Å². The van der Waals surface area contributed by atoms with E-state index in [1.54, 1.807) is 0 Å². The Hall–Kier alpha value is -1.94. The van der Waals surface area contributed by atoms with Gasteiger partial charge in [-0.1, -0.05) is 395 Å². The molecule has 0 aromatic carbocycles. The van der Waals surface area contributed by atoms with Crippen LogP contribution in [0.25, 0.3) is 0 Å². The first-order valence-corrected chi connectivity index (χ1v) is 46.8. The third-order valence-corrected chi connectivity index (χ3v) is 21.8. The van der Waals surface area contributed by atoms with E-state index in [2.05, 4.69) is 48.5 Å². The molecular formula is C85H166O17P2. The van der Waals surface area contributed by atoms with Crippen molar-refractivity contribution in [2.45, 2.75) is 465 Å². The molecule has 618 valence electrons. The minimum absolute atomic E-state index is 0.108. The number of aliphatic hydroxyl groups is 1. The maximum Gasteiger partial charge on any atom is 0.472 e. The van der Waals surface area contributed by atoms with Gasteiger partial charge < -0.3 is 33.8 Å². The molecule has 0 aliphatic carbocycles. The van der Waals surface area contributed by atoms with Gasteiger partial charge in [-0.15, -0.1) is 0 Å². The minimum Gasteiger partial charge on any atom is -0.462 e. The molecule has 19 heteroatoms. The Labute approximate surface area is 638 Å². The molecule has 2 unspecified atom stereocenters. The van der Waals surface area contributed by atoms with Gasteiger partial charge in [0.05, 0.1) is 26.4 Å². The number of rotatable bonds is 83. The number of hydrogen-bond donors (Lipinski definition) is 3. The van der Waals surface area contributed by atoms with Crippen LogP contribution < -0.4 is 0 Å². The van der Waals surface area contributed by atoms with E-state index in [4.69, 9.17) is 37.0 Å². The Morgan fingerprint density at radius 2 is 0.442 bits per heavy atom. The van der Waals surface area contributed by atoms with Gasteiger partial charge in [0.1, 0.15) is 19.3 Å². The van der Waals surface area contributed by atoms with Gasteiger partial charge in [-0.3, -0.25) is 37.3 Å². The Morgan fingerprint density at radius 1 is 0.260 bits per heavy atom. The van der Waals surface area contributed by atoms with Crippen LogP contribution in [0, 0.1) is 17.8 Å². The first-order chi connectivity index (χ1) is 50.2. The van der Waals surface area contributed by atoms with E-state index < -0.39 is 97.5 Å². The van der Waals surface area contributed by atoms with Crippen LogP contribution in [0.4, 0.5) is 0 Å². The van der Waals surface area contributed by atoms with Crippen molar-refractivity contribution in [3.05, 3.63) is 0 Å². The summed E-state index contributed by atoms with van der Waals surface area (Å²) in [5.41, 5.74) is 0. The lowest BCUT2D eigenvalue weighted by molar-refractivity contribution is -0.161. The third kappa shape index (κ3) is 78.2. The predicted molar refractivity (Wildman–Crippen MR) is 428 cm³/mol. The number of phosphoric acid groups is 2. The van der Waals surface area contributed by atoms with Gasteiger partial charge in [-0.25, -0.2) is 9.13 Å². The van der Waals surface area contributed by atoms with Crippen molar-refractivity contribution in [1.29, 1.82) is 0 Å². The molecule has 104 heavy (non-hydrogen) atoms. The molecule has 0 amide bonds. The number of carbonyl (C=O) groups is 4. The number of ether oxygens (including phenoxy) is 4. The van der Waals surface area contributed by atoms with Gasteiger partial charge >= 0.3 is 39.5 Å². The van der Waals surface area contributed by atoms with Crippen molar-refractivity contribution in [2.24, 2.45) is 17.8 Å². The summed E-state index contributed by atoms with van der Waals surface area (Å²) in [6.07, 6.45) is 65.3. The van der Waals surface area contributed by atoms with Gasteiger partial charge in [-0.05, 0) is 43.4 Å². The van der Waals surface area contributed by atoms with Crippen molar-refractivity contribution >= 4 is 39.5 Å². The van der Waals surface area contributed by atoms with Gasteiger partial charge in [0.25, 0.3) is 0 Å². The molecule has 0 fully saturated rings. The van der Waals surface area contributed by atoms with E-state index in [0.717, 1.165) is 108 Å². The lowest BCUT2D eigenvalue weighted by Crippen LogP contribution is -2.30. The van der Waals surface area contributed by atoms with Crippen LogP contribution in [-0.2, 0) is 65.4 Å². The molecule has 0 aliphatic heterocycles. The standard InChI is InChI=1S/C85H166O17P2/c1-8-9-10-11-12-13-14-15-16-22-27-33-38-47-54-61-68-85(90)102-81(73-96-83(88)67-60-53-46-41-40-44-51-58-65-78(6)7)75-100-104(93,94)98-71-79(86)70-97-103(91,92)99-74-80(72-95-82(87)66-59-52-45-37-32-29-24-26-31-36-43-50-57-64-77(4)5)101-84(89)69-62-55-48-39-34-28-23-20-18-17-19-21-25-30-35-42-49-56-63-76(2)3/h76-81,86H,8-75H2,1-7H3,(H,91,92)(H,93,94)/t79-,80-,81-/m1/s1. The molecule has 0 aromatic rings. The highest BCUT2D eigenvalue weighted by Gasteiger charge is 2.30. The number of unbranched alkanes of at least 4 members (excludes halogenated alkanes) is 51. The normalized spacial score (nSPS) is 13.9. The van der Waals surface area contributed by atoms with Crippen LogP contribution in [0.3, 0.4) is 0 Å². The number of phosphoric ester groups is 2. The fourth-order valence-corrected chi connectivity index (χ4v) is 14.8. The molecule has 0 heterocycles. The van der Waals surface area contributed by atoms with Crippen molar-refractivity contribution in [2.75, 3.05) is 39.6 Å². The lowest BCUT2D eigenvalue weighted by atomic mass is 10.0. The van der Waals surface area contributed by atoms with Gasteiger partial charge in [0, 0.05) is 25.7 Å². The smallest absolute Gasteiger partial charge is 0.462 e. The molecule has 0 rings (SSSR count). The largest absolute Gasteiger partial charge is 0.472 e. The summed E-state index contributed by atoms with van der Waals surface area (Å²) in [4.78, 5) is 73.2. The molecule has 0 saturated carbocycles. The molecule has 0 bridgehead atoms. The highest BCUT2D eigenvalue weighted by Crippen LogP contribution is 2.45. The summed E-state index contributed by atoms with van der Waals surface area (Å²) in [6.45, 7) is 12.0. The zero-order valence-corrected chi connectivity index (χ0v) is 70.3. The average molecular weight is 1520 g/mol. The van der Waals surface area contributed by atoms with Gasteiger partial charge in [0.15, 0.2) is 12.2 Å². The van der Waals surface area contributed by atoms with E-state index in [1.165, 1.54) is 257 Å². The second-order valence-corrected chi connectivity index (χ2v) is 34.9. The summed E-state index contributed by atoms with van der Waals surface area (Å²) in [7, 11) is -9.93. The highest BCUT2D eigenvalue weighted by molar-refractivity contribution is 7.47. The van der Waals surface area contributed by atoms with E-state index in [1.807, 2.05) is 0 Å². The van der Waals surface area contributed by atoms with Gasteiger partial charge in [-0.2, -0.15) is 0 Å². The number of esters is 4. The predicted octanol–water partition coefficient (Wildman–Crippen LogP) is 25.7. The summed E-state index contributed by atoms with van der Waals surface area (Å²) < 4.78 is 68.9. The maximum absolute atomic E-state index is 13.1. The quantitative estimate of drug-likeness (QED) is 0.0222. The van der Waals surface area contributed by atoms with Crippen molar-refractivity contribution in [1.82, 2.24) is 0 Å². The van der Waals surface area contributed by atoms with E-state index in [9.17, 15) is 43.2 Å². The van der Waals surface area contributed by atoms with E-state index in [-0.39, 0.29) is 25.7 Å². The monoisotopic (exact) mass is 1520 g/mol. The Balaban J connectivity index is 5.24. The van der Waals surface area contributed by atoms with Gasteiger partial charge in [0.2, 0.25) is 0 Å². The molecule has 0 spiro atoms. The first kappa shape index (κ1) is 102. The fraction of sp³-hybridized carbons (Fsp3) is 0.953. The topological polar surface area (TPSA) is 237 Å². The van der Waals surface area contributed by atoms with Crippen LogP contribution >= 0.6 is 15.6 Å². The second-order valence-electron chi connectivity index (χ2n) is 32.0. The number of hydrogen-bond acceptors (Lipinski definition) is 15. The van der Waals surface area contributed by atoms with E-state index in [0.29, 0.717) is 25.7 Å². The first-order valence-electron chi connectivity index (χ1n) is 43.8.